The van der Waals surface area contributed by atoms with Gasteiger partial charge in [-0.2, -0.15) is 17.8 Å². The zero-order valence-corrected chi connectivity index (χ0v) is 28.0. The molecule has 2 heterocycles. The summed E-state index contributed by atoms with van der Waals surface area (Å²) in [6.45, 7) is -3.76. The molecule has 2 fully saturated rings. The van der Waals surface area contributed by atoms with Gasteiger partial charge in [0, 0.05) is 18.5 Å². The molecule has 5 rings (SSSR count). The van der Waals surface area contributed by atoms with Crippen LogP contribution in [0.3, 0.4) is 0 Å². The van der Waals surface area contributed by atoms with Gasteiger partial charge in [-0.15, -0.1) is 0 Å². The van der Waals surface area contributed by atoms with Crippen molar-refractivity contribution in [2.75, 3.05) is 26.3 Å². The lowest BCUT2D eigenvalue weighted by molar-refractivity contribution is -0.605. The quantitative estimate of drug-likeness (QED) is 0.154. The van der Waals surface area contributed by atoms with Gasteiger partial charge >= 0.3 is 12.6 Å². The molecule has 3 aromatic rings. The van der Waals surface area contributed by atoms with Crippen LogP contribution in [-0.2, 0) is 40.7 Å². The Bertz CT molecular complexity index is 1880. The molecule has 2 unspecified atom stereocenters. The predicted molar refractivity (Wildman–Crippen MR) is 166 cm³/mol. The number of rotatable bonds is 13. The number of morpholine rings is 1. The standard InChI is InChI=1S/C29H29Cl2F2N3O10S2/c30-22-13-35(38)14-23(31)21(22)12-25(18-6-7-24(46-29(32)33)26(10-18)44-16-17-4-5-17)45-28(37)27-15-36(8-9-43-27)48(41,42)20-3-1-2-19(11-20)47(34,39)40/h1-3,6-7,10-11,13-14,17,25,27,29H,4-5,8-9,12,15-16H2,(H2,34,39,40). The van der Waals surface area contributed by atoms with Crippen LogP contribution in [0.15, 0.2) is 64.6 Å². The van der Waals surface area contributed by atoms with Crippen molar-refractivity contribution in [1.82, 2.24) is 4.31 Å². The number of hydrogen-bond acceptors (Lipinski definition) is 10. The topological polar surface area (TPSA) is 178 Å². The van der Waals surface area contributed by atoms with E-state index in [9.17, 15) is 35.6 Å². The zero-order chi connectivity index (χ0) is 34.8. The number of nitrogens with two attached hydrogens (primary N) is 1. The van der Waals surface area contributed by atoms with Crippen LogP contribution >= 0.6 is 23.2 Å². The fourth-order valence-corrected chi connectivity index (χ4v) is 7.53. The molecule has 1 saturated carbocycles. The van der Waals surface area contributed by atoms with Gasteiger partial charge in [0.2, 0.25) is 20.0 Å². The van der Waals surface area contributed by atoms with E-state index in [1.54, 1.807) is 0 Å². The molecular formula is C29H29Cl2F2N3O10S2. The first-order valence-corrected chi connectivity index (χ1v) is 18.1. The van der Waals surface area contributed by atoms with Crippen LogP contribution < -0.4 is 19.3 Å². The normalized spacial score (nSPS) is 18.0. The van der Waals surface area contributed by atoms with Gasteiger partial charge in [0.15, 0.2) is 30.0 Å². The largest absolute Gasteiger partial charge is 0.619 e. The Morgan fingerprint density at radius 2 is 1.75 bits per heavy atom. The molecular weight excluding hydrogens is 723 g/mol. The molecule has 1 saturated heterocycles. The lowest BCUT2D eigenvalue weighted by Gasteiger charge is -2.32. The summed E-state index contributed by atoms with van der Waals surface area (Å²) in [5, 5.41) is 16.9. The number of hydrogen-bond donors (Lipinski definition) is 1. The van der Waals surface area contributed by atoms with Gasteiger partial charge in [0.25, 0.3) is 0 Å². The molecule has 1 aliphatic heterocycles. The Morgan fingerprint density at radius 1 is 1.06 bits per heavy atom. The highest BCUT2D eigenvalue weighted by atomic mass is 35.5. The highest BCUT2D eigenvalue weighted by Crippen LogP contribution is 2.38. The number of benzene rings is 2. The summed E-state index contributed by atoms with van der Waals surface area (Å²) in [6, 6.07) is 8.43. The number of carbonyl (C=O) groups excluding carboxylic acids is 1. The Hall–Kier alpha value is -3.32. The van der Waals surface area contributed by atoms with Gasteiger partial charge in [-0.1, -0.05) is 35.3 Å². The Morgan fingerprint density at radius 3 is 2.40 bits per heavy atom. The Kier molecular flexibility index (Phi) is 11.0. The molecule has 19 heteroatoms. The third kappa shape index (κ3) is 8.82. The van der Waals surface area contributed by atoms with Crippen LogP contribution in [0.5, 0.6) is 11.5 Å². The number of nitrogens with zero attached hydrogens (tertiary/aromatic N) is 2. The SMILES string of the molecule is NS(=O)(=O)c1cccc(S(=O)(=O)N2CCOC(C(=O)OC(Cc3c(Cl)c[n+]([O-])cc3Cl)c3ccc(OC(F)F)c(OCC4CC4)c3)C2)c1. The summed E-state index contributed by atoms with van der Waals surface area (Å²) >= 11 is 12.6. The highest BCUT2D eigenvalue weighted by molar-refractivity contribution is 7.90. The van der Waals surface area contributed by atoms with E-state index < -0.39 is 56.3 Å². The van der Waals surface area contributed by atoms with E-state index in [-0.39, 0.29) is 69.7 Å². The third-order valence-corrected chi connectivity index (χ3v) is 10.9. The molecule has 0 bridgehead atoms. The number of aromatic nitrogens is 1. The molecule has 2 aliphatic rings. The number of primary sulfonamides is 1. The average Bonchev–Trinajstić information content (AvgIpc) is 3.86. The van der Waals surface area contributed by atoms with Crippen molar-refractivity contribution in [2.24, 2.45) is 11.1 Å². The fourth-order valence-electron chi connectivity index (χ4n) is 4.83. The summed E-state index contributed by atoms with van der Waals surface area (Å²) in [5.41, 5.74) is 0.474. The first-order chi connectivity index (χ1) is 22.6. The smallest absolute Gasteiger partial charge is 0.387 e. The second-order valence-corrected chi connectivity index (χ2v) is 15.3. The number of carbonyl (C=O) groups is 1. The molecule has 2 atom stereocenters. The van der Waals surface area contributed by atoms with E-state index in [4.69, 9.17) is 42.6 Å². The Labute approximate surface area is 284 Å². The first kappa shape index (κ1) is 36.0. The van der Waals surface area contributed by atoms with Gasteiger partial charge in [-0.25, -0.2) is 26.8 Å². The van der Waals surface area contributed by atoms with Crippen LogP contribution in [0, 0.1) is 11.1 Å². The van der Waals surface area contributed by atoms with Crippen molar-refractivity contribution in [1.29, 1.82) is 0 Å². The van der Waals surface area contributed by atoms with E-state index in [2.05, 4.69) is 4.74 Å². The molecule has 0 spiro atoms. The lowest BCUT2D eigenvalue weighted by atomic mass is 10.0. The Balaban J connectivity index is 1.43. The van der Waals surface area contributed by atoms with Gasteiger partial charge < -0.3 is 24.2 Å². The van der Waals surface area contributed by atoms with Crippen LogP contribution in [0.25, 0.3) is 0 Å². The molecule has 2 N–H and O–H groups in total. The van der Waals surface area contributed by atoms with Crippen molar-refractivity contribution in [3.63, 3.8) is 0 Å². The van der Waals surface area contributed by atoms with Crippen molar-refractivity contribution < 1.29 is 54.1 Å². The summed E-state index contributed by atoms with van der Waals surface area (Å²) < 4.78 is 99.9. The monoisotopic (exact) mass is 751 g/mol. The minimum Gasteiger partial charge on any atom is -0.619 e. The average molecular weight is 753 g/mol. The van der Waals surface area contributed by atoms with E-state index >= 15 is 0 Å². The zero-order valence-electron chi connectivity index (χ0n) is 24.8. The molecule has 1 aromatic heterocycles. The maximum Gasteiger partial charge on any atom is 0.387 e. The molecule has 48 heavy (non-hydrogen) atoms. The van der Waals surface area contributed by atoms with Crippen LogP contribution in [0.1, 0.15) is 30.1 Å². The molecule has 0 radical (unpaired) electrons. The first-order valence-electron chi connectivity index (χ1n) is 14.3. The number of sulfonamides is 2. The second-order valence-electron chi connectivity index (χ2n) is 11.0. The maximum atomic E-state index is 13.6. The summed E-state index contributed by atoms with van der Waals surface area (Å²) in [6.07, 6.45) is 1.07. The van der Waals surface area contributed by atoms with E-state index in [0.717, 1.165) is 41.7 Å². The van der Waals surface area contributed by atoms with Crippen molar-refractivity contribution in [3.05, 3.63) is 81.2 Å². The molecule has 0 amide bonds. The summed E-state index contributed by atoms with van der Waals surface area (Å²) in [5.74, 6) is -1.01. The van der Waals surface area contributed by atoms with E-state index in [1.165, 1.54) is 30.3 Å². The predicted octanol–water partition coefficient (Wildman–Crippen LogP) is 3.58. The van der Waals surface area contributed by atoms with Gasteiger partial charge in [0.05, 0.1) is 29.5 Å². The number of pyridine rings is 1. The van der Waals surface area contributed by atoms with Crippen molar-refractivity contribution in [2.45, 2.75) is 47.9 Å². The van der Waals surface area contributed by atoms with E-state index in [0.29, 0.717) is 4.73 Å². The van der Waals surface area contributed by atoms with Gasteiger partial charge in [-0.3, -0.25) is 0 Å². The van der Waals surface area contributed by atoms with Crippen LogP contribution in [0.2, 0.25) is 10.0 Å². The molecule has 13 nitrogen and oxygen atoms in total. The number of esters is 1. The summed E-state index contributed by atoms with van der Waals surface area (Å²) in [7, 11) is -8.52. The van der Waals surface area contributed by atoms with Crippen molar-refractivity contribution in [3.8, 4) is 11.5 Å². The number of alkyl halides is 2. The van der Waals surface area contributed by atoms with Gasteiger partial charge in [0.1, 0.15) is 16.1 Å². The van der Waals surface area contributed by atoms with Crippen LogP contribution in [0.4, 0.5) is 8.78 Å². The van der Waals surface area contributed by atoms with E-state index in [1.807, 2.05) is 0 Å². The minimum atomic E-state index is -4.32. The molecule has 1 aliphatic carbocycles. The second kappa shape index (κ2) is 14.7. The number of ether oxygens (including phenoxy) is 4. The minimum absolute atomic E-state index is 0.0312. The van der Waals surface area contributed by atoms with Crippen LogP contribution in [-0.4, -0.2) is 66.1 Å². The molecule has 2 aromatic carbocycles. The lowest BCUT2D eigenvalue weighted by Crippen LogP contribution is -2.49. The maximum absolute atomic E-state index is 13.6. The van der Waals surface area contributed by atoms with Gasteiger partial charge in [-0.05, 0) is 54.7 Å². The molecule has 260 valence electrons. The fraction of sp³-hybridized carbons (Fsp3) is 0.379. The summed E-state index contributed by atoms with van der Waals surface area (Å²) in [4.78, 5) is 12.8. The third-order valence-electron chi connectivity index (χ3n) is 7.50. The van der Waals surface area contributed by atoms with Crippen molar-refractivity contribution >= 4 is 49.2 Å². The highest BCUT2D eigenvalue weighted by Gasteiger charge is 2.37. The number of halogens is 4.